The number of nitrogens with zero attached hydrogens (tertiary/aromatic N) is 1. The first kappa shape index (κ1) is 61.6. The summed E-state index contributed by atoms with van der Waals surface area (Å²) in [4.78, 5) is 85.7. The molecule has 2 saturated heterocycles. The number of carbonyl (C=O) groups is 6. The lowest BCUT2D eigenvalue weighted by molar-refractivity contribution is -0.231. The Hall–Kier alpha value is -3.94. The summed E-state index contributed by atoms with van der Waals surface area (Å²) < 4.78 is 35.6. The van der Waals surface area contributed by atoms with Crippen molar-refractivity contribution < 1.29 is 77.6 Å². The minimum atomic E-state index is -2.90. The van der Waals surface area contributed by atoms with Gasteiger partial charge < -0.3 is 53.7 Å². The molecule has 4 rings (SSSR count). The van der Waals surface area contributed by atoms with Gasteiger partial charge in [0.1, 0.15) is 41.7 Å². The molecule has 3 fully saturated rings. The van der Waals surface area contributed by atoms with Gasteiger partial charge in [-0.1, -0.05) is 71.1 Å². The van der Waals surface area contributed by atoms with Gasteiger partial charge in [-0.15, -0.1) is 0 Å². The zero-order valence-corrected chi connectivity index (χ0v) is 45.3. The fraction of sp³-hybridized carbons (Fsp3) is 0.750. The van der Waals surface area contributed by atoms with Crippen molar-refractivity contribution in [3.63, 3.8) is 0 Å². The maximum Gasteiger partial charge on any atom is 0.329 e. The highest BCUT2D eigenvalue weighted by Crippen LogP contribution is 2.37. The molecule has 1 amide bonds. The van der Waals surface area contributed by atoms with Crippen LogP contribution in [0.5, 0.6) is 0 Å². The van der Waals surface area contributed by atoms with Crippen molar-refractivity contribution in [2.75, 3.05) is 41.1 Å². The van der Waals surface area contributed by atoms with E-state index in [1.54, 1.807) is 40.9 Å². The highest BCUT2D eigenvalue weighted by Gasteiger charge is 2.55. The van der Waals surface area contributed by atoms with Crippen molar-refractivity contribution in [1.29, 1.82) is 0 Å². The van der Waals surface area contributed by atoms with Gasteiger partial charge in [-0.05, 0) is 114 Å². The molecule has 4 N–H and O–H groups in total. The van der Waals surface area contributed by atoms with Crippen LogP contribution in [0.4, 0.5) is 0 Å². The number of esters is 2. The number of hydrogen-bond donors (Lipinski definition) is 4. The van der Waals surface area contributed by atoms with E-state index in [0.717, 1.165) is 5.57 Å². The van der Waals surface area contributed by atoms with Gasteiger partial charge >= 0.3 is 17.7 Å². The van der Waals surface area contributed by atoms with Gasteiger partial charge in [0.25, 0.3) is 5.91 Å². The van der Waals surface area contributed by atoms with Gasteiger partial charge in [0, 0.05) is 58.5 Å². The average Bonchev–Trinajstić information content (AvgIpc) is 3.48. The molecule has 0 radical (unpaired) electrons. The maximum absolute atomic E-state index is 14.8. The lowest BCUT2D eigenvalue weighted by Crippen LogP contribution is -2.62. The summed E-state index contributed by atoms with van der Waals surface area (Å²) in [6, 6.07) is -1.22. The summed E-state index contributed by atoms with van der Waals surface area (Å²) in [5.74, 6) is -9.42. The molecule has 2 bridgehead atoms. The Kier molecular flexibility index (Phi) is 23.9. The molecule has 0 aromatic heterocycles. The largest absolute Gasteiger partial charge is 0.460 e. The smallest absolute Gasteiger partial charge is 0.329 e. The second kappa shape index (κ2) is 28.3. The molecule has 3 aliphatic heterocycles. The Labute approximate surface area is 433 Å². The number of aliphatic hydroxyl groups is 4. The van der Waals surface area contributed by atoms with Gasteiger partial charge in [-0.3, -0.25) is 24.0 Å². The number of aliphatic hydroxyl groups excluding tert-OH is 3. The van der Waals surface area contributed by atoms with Crippen molar-refractivity contribution in [3.05, 3.63) is 47.6 Å². The lowest BCUT2D eigenvalue weighted by Gasteiger charge is -2.40. The number of cyclic esters (lactones) is 1. The minimum Gasteiger partial charge on any atom is -0.460 e. The van der Waals surface area contributed by atoms with E-state index in [1.807, 2.05) is 51.2 Å². The SMILES string of the molecule is CO[C@H]1C[C@@H]2CC[C@@H](C)C(=O)C(O)(O2)C(=O)N2CCCC[C@H]2C(=O)O[C@H]([C@H](C)C[C@H]2CC[C@@H](OC(=O)C(C)(CO)CO)[C@H](OC)C2)CC(=O)[C@H](C)/C=C(\C)[C@@H](O)[C@@H](OC)C(=O)[C@H](C)C[C@H](C)/C=C/C=C/C=C/1C. The molecule has 3 heterocycles. The molecule has 17 heteroatoms. The summed E-state index contributed by atoms with van der Waals surface area (Å²) >= 11 is 0. The first-order chi connectivity index (χ1) is 34.5. The van der Waals surface area contributed by atoms with Crippen LogP contribution < -0.4 is 0 Å². The van der Waals surface area contributed by atoms with E-state index in [1.165, 1.54) is 26.0 Å². The Morgan fingerprint density at radius 2 is 1.55 bits per heavy atom. The van der Waals surface area contributed by atoms with Crippen LogP contribution in [0, 0.1) is 40.9 Å². The predicted octanol–water partition coefficient (Wildman–Crippen LogP) is 5.72. The van der Waals surface area contributed by atoms with Crippen LogP contribution in [0.2, 0.25) is 0 Å². The summed E-state index contributed by atoms with van der Waals surface area (Å²) in [6.45, 7) is 12.7. The summed E-state index contributed by atoms with van der Waals surface area (Å²) in [5.41, 5.74) is -0.310. The van der Waals surface area contributed by atoms with Crippen molar-refractivity contribution in [3.8, 4) is 0 Å². The summed E-state index contributed by atoms with van der Waals surface area (Å²) in [6.07, 6.45) is 9.22. The van der Waals surface area contributed by atoms with Crippen LogP contribution in [0.25, 0.3) is 0 Å². The quantitative estimate of drug-likeness (QED) is 0.116. The number of ketones is 3. The van der Waals surface area contributed by atoms with Crippen molar-refractivity contribution in [2.24, 2.45) is 40.9 Å². The first-order valence-electron chi connectivity index (χ1n) is 26.4. The van der Waals surface area contributed by atoms with E-state index in [2.05, 4.69) is 0 Å². The van der Waals surface area contributed by atoms with E-state index in [9.17, 15) is 49.2 Å². The lowest BCUT2D eigenvalue weighted by atomic mass is 9.78. The number of ether oxygens (including phenoxy) is 6. The monoisotopic (exact) mass is 1030 g/mol. The molecule has 73 heavy (non-hydrogen) atoms. The number of hydrogen-bond acceptors (Lipinski definition) is 16. The zero-order chi connectivity index (χ0) is 54.4. The average molecular weight is 1030 g/mol. The number of rotatable bonds is 10. The topological polar surface area (TPSA) is 242 Å². The Morgan fingerprint density at radius 1 is 0.849 bits per heavy atom. The van der Waals surface area contributed by atoms with Crippen molar-refractivity contribution in [2.45, 2.75) is 187 Å². The number of fused-ring (bicyclic) bond motifs is 3. The van der Waals surface area contributed by atoms with Crippen LogP contribution >= 0.6 is 0 Å². The molecular formula is C56H87NO16. The van der Waals surface area contributed by atoms with Crippen LogP contribution in [-0.2, 0) is 57.2 Å². The van der Waals surface area contributed by atoms with E-state index in [4.69, 9.17) is 28.4 Å². The van der Waals surface area contributed by atoms with Gasteiger partial charge in [-0.2, -0.15) is 0 Å². The molecular weight excluding hydrogens is 943 g/mol. The molecule has 0 aromatic carbocycles. The standard InChI is InChI=1S/C56H87NO16/c1-33-17-13-12-14-18-34(2)45(68-9)29-41-22-20-35(3)51(63)56(67,73-41)53(65)57-24-16-15-19-42(57)52(64)71-46(30-43(60)36(4)26-39(7)49(62)50(70-11)48(61)38(6)25-33)37(5)27-40-21-23-44(47(28-40)69-10)72-54(66)55(8,31-58)32-59/h12-14,17-18,26,33,35-38,40-42,44-47,49-50,58-59,62,67H,15-16,19-25,27-32H2,1-11H3/b14-12+,17-13+,34-18+,39-26+/t33-,35-,36-,37-,38-,40-,41+,42+,44-,45+,46+,47-,49-,50+,56?/m1/s1. The van der Waals surface area contributed by atoms with E-state index >= 15 is 0 Å². The Balaban J connectivity index is 1.73. The van der Waals surface area contributed by atoms with Crippen LogP contribution in [0.15, 0.2) is 47.6 Å². The number of amides is 1. The number of carbonyl (C=O) groups excluding carboxylic acids is 6. The van der Waals surface area contributed by atoms with Crippen molar-refractivity contribution >= 4 is 35.2 Å². The molecule has 1 aliphatic carbocycles. The minimum absolute atomic E-state index is 0.0116. The fourth-order valence-electron chi connectivity index (χ4n) is 10.7. The van der Waals surface area contributed by atoms with E-state index in [0.29, 0.717) is 63.4 Å². The number of Topliss-reactive ketones (excluding diaryl/α,β-unsaturated/α-hetero) is 3. The third-order valence-electron chi connectivity index (χ3n) is 15.8. The van der Waals surface area contributed by atoms with Crippen LogP contribution in [0.3, 0.4) is 0 Å². The molecule has 0 spiro atoms. The molecule has 0 aromatic rings. The Bertz CT molecular complexity index is 2010. The predicted molar refractivity (Wildman–Crippen MR) is 271 cm³/mol. The number of methoxy groups -OCH3 is 3. The zero-order valence-electron chi connectivity index (χ0n) is 45.3. The van der Waals surface area contributed by atoms with E-state index < -0.39 is 120 Å². The number of allylic oxidation sites excluding steroid dienone is 6. The third-order valence-corrected chi connectivity index (χ3v) is 15.8. The van der Waals surface area contributed by atoms with Crippen LogP contribution in [-0.4, -0.2) is 156 Å². The third kappa shape index (κ3) is 16.0. The molecule has 412 valence electrons. The van der Waals surface area contributed by atoms with Crippen molar-refractivity contribution in [1.82, 2.24) is 4.90 Å². The number of piperidine rings is 1. The normalized spacial score (nSPS) is 37.4. The molecule has 1 saturated carbocycles. The van der Waals surface area contributed by atoms with E-state index in [-0.39, 0.29) is 49.2 Å². The second-order valence-corrected chi connectivity index (χ2v) is 21.8. The summed E-state index contributed by atoms with van der Waals surface area (Å²) in [5, 5.41) is 43.3. The van der Waals surface area contributed by atoms with Gasteiger partial charge in [0.2, 0.25) is 5.78 Å². The fourth-order valence-corrected chi connectivity index (χ4v) is 10.7. The molecule has 17 nitrogen and oxygen atoms in total. The highest BCUT2D eigenvalue weighted by molar-refractivity contribution is 6.09. The second-order valence-electron chi connectivity index (χ2n) is 21.8. The molecule has 1 unspecified atom stereocenters. The Morgan fingerprint density at radius 3 is 2.19 bits per heavy atom. The van der Waals surface area contributed by atoms with Crippen LogP contribution in [0.1, 0.15) is 132 Å². The molecule has 4 aliphatic rings. The first-order valence-corrected chi connectivity index (χ1v) is 26.4. The van der Waals surface area contributed by atoms with Gasteiger partial charge in [0.05, 0.1) is 31.5 Å². The van der Waals surface area contributed by atoms with Gasteiger partial charge in [-0.25, -0.2) is 4.79 Å². The molecule has 15 atom stereocenters. The maximum atomic E-state index is 14.8. The highest BCUT2D eigenvalue weighted by atomic mass is 16.6. The van der Waals surface area contributed by atoms with Gasteiger partial charge in [0.15, 0.2) is 5.78 Å². The summed E-state index contributed by atoms with van der Waals surface area (Å²) in [7, 11) is 4.42.